The molecule has 2 aromatic heterocycles. The minimum absolute atomic E-state index is 0.116. The minimum atomic E-state index is -0.447. The molecule has 7 nitrogen and oxygen atoms in total. The molecule has 0 radical (unpaired) electrons. The lowest BCUT2D eigenvalue weighted by Gasteiger charge is -2.11. The molecular formula is C24H21N3O4. The number of ketones is 1. The number of hydrogen-bond donors (Lipinski definition) is 2. The molecule has 0 aliphatic carbocycles. The molecule has 2 heterocycles. The molecule has 0 bridgehead atoms. The maximum Gasteiger partial charge on any atom is 0.260 e. The van der Waals surface area contributed by atoms with Crippen LogP contribution in [0.5, 0.6) is 11.5 Å². The standard InChI is InChI=1S/C24H21N3O4/c1-30-16-11-12-17(19(14-16)31-2)26-24(29)20-18-10-6-7-13-27(18)22(21(20)25)23(28)15-8-4-3-5-9-15/h3-14H,25H2,1-2H3,(H,26,29). The number of amides is 1. The van der Waals surface area contributed by atoms with E-state index >= 15 is 0 Å². The number of hydrogen-bond acceptors (Lipinski definition) is 5. The van der Waals surface area contributed by atoms with Crippen LogP contribution in [-0.2, 0) is 0 Å². The van der Waals surface area contributed by atoms with Crippen molar-refractivity contribution >= 4 is 28.6 Å². The van der Waals surface area contributed by atoms with Gasteiger partial charge in [0, 0.05) is 17.8 Å². The van der Waals surface area contributed by atoms with Crippen molar-refractivity contribution in [3.05, 3.63) is 89.7 Å². The number of nitrogens with one attached hydrogen (secondary N) is 1. The van der Waals surface area contributed by atoms with E-state index in [0.717, 1.165) is 0 Å². The normalized spacial score (nSPS) is 10.6. The number of fused-ring (bicyclic) bond motifs is 1. The molecule has 4 aromatic rings. The van der Waals surface area contributed by atoms with Crippen LogP contribution < -0.4 is 20.5 Å². The summed E-state index contributed by atoms with van der Waals surface area (Å²) in [6.07, 6.45) is 1.71. The van der Waals surface area contributed by atoms with Crippen LogP contribution >= 0.6 is 0 Å². The fourth-order valence-corrected chi connectivity index (χ4v) is 3.51. The van der Waals surface area contributed by atoms with Crippen molar-refractivity contribution < 1.29 is 19.1 Å². The summed E-state index contributed by atoms with van der Waals surface area (Å²) in [6.45, 7) is 0. The molecule has 0 fully saturated rings. The van der Waals surface area contributed by atoms with Crippen molar-refractivity contribution in [1.29, 1.82) is 0 Å². The maximum atomic E-state index is 13.2. The Labute approximate surface area is 179 Å². The third kappa shape index (κ3) is 3.57. The van der Waals surface area contributed by atoms with Crippen molar-refractivity contribution in [2.75, 3.05) is 25.3 Å². The number of nitrogens with two attached hydrogens (primary N) is 1. The van der Waals surface area contributed by atoms with Crippen molar-refractivity contribution in [1.82, 2.24) is 4.40 Å². The summed E-state index contributed by atoms with van der Waals surface area (Å²) in [5.74, 6) is 0.326. The van der Waals surface area contributed by atoms with Crippen molar-refractivity contribution in [2.24, 2.45) is 0 Å². The predicted octanol–water partition coefficient (Wildman–Crippen LogP) is 4.02. The highest BCUT2D eigenvalue weighted by molar-refractivity contribution is 6.20. The van der Waals surface area contributed by atoms with Crippen LogP contribution in [0.4, 0.5) is 11.4 Å². The Morgan fingerprint density at radius 2 is 1.68 bits per heavy atom. The van der Waals surface area contributed by atoms with Crippen LogP contribution in [0.3, 0.4) is 0 Å². The van der Waals surface area contributed by atoms with Crippen LogP contribution in [0.25, 0.3) is 5.52 Å². The smallest absolute Gasteiger partial charge is 0.260 e. The SMILES string of the molecule is COc1ccc(NC(=O)c2c(N)c(C(=O)c3ccccc3)n3ccccc23)c(OC)c1. The van der Waals surface area contributed by atoms with E-state index < -0.39 is 5.91 Å². The third-order valence-electron chi connectivity index (χ3n) is 5.02. The largest absolute Gasteiger partial charge is 0.497 e. The number of benzene rings is 2. The molecule has 1 amide bonds. The molecule has 0 aliphatic heterocycles. The summed E-state index contributed by atoms with van der Waals surface area (Å²) in [5.41, 5.74) is 8.43. The molecule has 0 atom stereocenters. The van der Waals surface area contributed by atoms with E-state index in [2.05, 4.69) is 5.32 Å². The van der Waals surface area contributed by atoms with E-state index in [4.69, 9.17) is 15.2 Å². The summed E-state index contributed by atoms with van der Waals surface area (Å²) in [7, 11) is 3.05. The van der Waals surface area contributed by atoms with E-state index in [9.17, 15) is 9.59 Å². The highest BCUT2D eigenvalue weighted by Crippen LogP contribution is 2.32. The van der Waals surface area contributed by atoms with E-state index in [1.165, 1.54) is 7.11 Å². The van der Waals surface area contributed by atoms with Crippen LogP contribution in [0.15, 0.2) is 72.9 Å². The fraction of sp³-hybridized carbons (Fsp3) is 0.0833. The van der Waals surface area contributed by atoms with Gasteiger partial charge in [-0.3, -0.25) is 9.59 Å². The molecule has 3 N–H and O–H groups in total. The molecule has 4 rings (SSSR count). The first-order chi connectivity index (χ1) is 15.0. The monoisotopic (exact) mass is 415 g/mol. The molecule has 0 saturated carbocycles. The molecule has 0 aliphatic rings. The summed E-state index contributed by atoms with van der Waals surface area (Å²) in [4.78, 5) is 26.4. The summed E-state index contributed by atoms with van der Waals surface area (Å²) < 4.78 is 12.2. The van der Waals surface area contributed by atoms with E-state index in [1.807, 2.05) is 6.07 Å². The first kappa shape index (κ1) is 20.0. The molecular weight excluding hydrogens is 394 g/mol. The lowest BCUT2D eigenvalue weighted by atomic mass is 10.1. The van der Waals surface area contributed by atoms with Gasteiger partial charge >= 0.3 is 0 Å². The molecule has 0 saturated heterocycles. The number of rotatable bonds is 6. The first-order valence-electron chi connectivity index (χ1n) is 9.56. The highest BCUT2D eigenvalue weighted by Gasteiger charge is 2.26. The van der Waals surface area contributed by atoms with Gasteiger partial charge in [0.05, 0.1) is 36.7 Å². The van der Waals surface area contributed by atoms with Gasteiger partial charge in [-0.2, -0.15) is 0 Å². The summed E-state index contributed by atoms with van der Waals surface area (Å²) in [6, 6.07) is 19.2. The highest BCUT2D eigenvalue weighted by atomic mass is 16.5. The van der Waals surface area contributed by atoms with Crippen molar-refractivity contribution in [3.63, 3.8) is 0 Å². The molecule has 0 spiro atoms. The molecule has 156 valence electrons. The Bertz CT molecular complexity index is 1280. The zero-order valence-electron chi connectivity index (χ0n) is 17.1. The van der Waals surface area contributed by atoms with Crippen LogP contribution in [0, 0.1) is 0 Å². The lowest BCUT2D eigenvalue weighted by Crippen LogP contribution is -2.14. The predicted molar refractivity (Wildman–Crippen MR) is 119 cm³/mol. The molecule has 31 heavy (non-hydrogen) atoms. The second kappa shape index (κ2) is 8.23. The van der Waals surface area contributed by atoms with Crippen LogP contribution in [0.1, 0.15) is 26.4 Å². The zero-order valence-corrected chi connectivity index (χ0v) is 17.1. The number of methoxy groups -OCH3 is 2. The Balaban J connectivity index is 1.79. The molecule has 7 heteroatoms. The second-order valence-corrected chi connectivity index (χ2v) is 6.81. The summed E-state index contributed by atoms with van der Waals surface area (Å²) in [5, 5.41) is 2.83. The number of carbonyl (C=O) groups is 2. The van der Waals surface area contributed by atoms with Gasteiger partial charge in [-0.15, -0.1) is 0 Å². The van der Waals surface area contributed by atoms with E-state index in [1.54, 1.807) is 78.4 Å². The number of aromatic nitrogens is 1. The third-order valence-corrected chi connectivity index (χ3v) is 5.02. The fourth-order valence-electron chi connectivity index (χ4n) is 3.51. The van der Waals surface area contributed by atoms with Gasteiger partial charge in [-0.25, -0.2) is 0 Å². The van der Waals surface area contributed by atoms with Gasteiger partial charge in [0.1, 0.15) is 17.2 Å². The summed E-state index contributed by atoms with van der Waals surface area (Å²) >= 11 is 0. The van der Waals surface area contributed by atoms with E-state index in [-0.39, 0.29) is 22.7 Å². The van der Waals surface area contributed by atoms with Gasteiger partial charge in [-0.1, -0.05) is 36.4 Å². The minimum Gasteiger partial charge on any atom is -0.497 e. The van der Waals surface area contributed by atoms with Gasteiger partial charge in [-0.05, 0) is 24.3 Å². The molecule has 2 aromatic carbocycles. The zero-order chi connectivity index (χ0) is 22.0. The number of ether oxygens (including phenoxy) is 2. The Morgan fingerprint density at radius 3 is 2.39 bits per heavy atom. The van der Waals surface area contributed by atoms with Gasteiger partial charge in [0.2, 0.25) is 5.78 Å². The van der Waals surface area contributed by atoms with E-state index in [0.29, 0.717) is 28.3 Å². The van der Waals surface area contributed by atoms with Gasteiger partial charge in [0.25, 0.3) is 5.91 Å². The Kier molecular flexibility index (Phi) is 5.32. The average molecular weight is 415 g/mol. The Morgan fingerprint density at radius 1 is 0.935 bits per heavy atom. The number of anilines is 2. The number of carbonyl (C=O) groups excluding carboxylic acids is 2. The second-order valence-electron chi connectivity index (χ2n) is 6.81. The van der Waals surface area contributed by atoms with Gasteiger partial charge in [0.15, 0.2) is 0 Å². The number of pyridine rings is 1. The molecule has 0 unspecified atom stereocenters. The van der Waals surface area contributed by atoms with Gasteiger partial charge < -0.3 is 24.9 Å². The van der Waals surface area contributed by atoms with Crippen LogP contribution in [-0.4, -0.2) is 30.3 Å². The number of nitrogen functional groups attached to an aromatic ring is 1. The quantitative estimate of drug-likeness (QED) is 0.464. The van der Waals surface area contributed by atoms with Crippen molar-refractivity contribution in [3.8, 4) is 11.5 Å². The van der Waals surface area contributed by atoms with Crippen molar-refractivity contribution in [2.45, 2.75) is 0 Å². The topological polar surface area (TPSA) is 95.1 Å². The Hall–Kier alpha value is -4.26. The lowest BCUT2D eigenvalue weighted by molar-refractivity contribution is 0.102. The first-order valence-corrected chi connectivity index (χ1v) is 9.56. The van der Waals surface area contributed by atoms with Crippen LogP contribution in [0.2, 0.25) is 0 Å². The number of nitrogens with zero attached hydrogens (tertiary/aromatic N) is 1. The average Bonchev–Trinajstić information content (AvgIpc) is 3.11. The maximum absolute atomic E-state index is 13.2.